The number of thiophene rings is 2. The molecule has 286 valence electrons. The molecule has 2 heterocycles. The van der Waals surface area contributed by atoms with Crippen molar-refractivity contribution in [3.63, 3.8) is 0 Å². The molecule has 12 aromatic rings. The molecular weight excluding hydrogens is 775 g/mol. The number of benzene rings is 10. The predicted molar refractivity (Wildman–Crippen MR) is 266 cm³/mol. The summed E-state index contributed by atoms with van der Waals surface area (Å²) in [5.74, 6) is 0. The van der Waals surface area contributed by atoms with E-state index in [1.807, 2.05) is 22.7 Å². The van der Waals surface area contributed by atoms with Crippen LogP contribution >= 0.6 is 22.7 Å². The van der Waals surface area contributed by atoms with E-state index in [0.29, 0.717) is 0 Å². The first kappa shape index (κ1) is 35.6. The zero-order valence-electron chi connectivity index (χ0n) is 33.1. The van der Waals surface area contributed by atoms with Gasteiger partial charge in [0, 0.05) is 57.3 Å². The number of para-hydroxylation sites is 1. The van der Waals surface area contributed by atoms with Crippen molar-refractivity contribution in [1.82, 2.24) is 0 Å². The van der Waals surface area contributed by atoms with Gasteiger partial charge in [-0.2, -0.15) is 0 Å². The molecule has 0 amide bonds. The Kier molecular flexibility index (Phi) is 8.62. The Morgan fingerprint density at radius 3 is 1.61 bits per heavy atom. The van der Waals surface area contributed by atoms with Crippen LogP contribution in [0.5, 0.6) is 0 Å². The van der Waals surface area contributed by atoms with E-state index >= 15 is 0 Å². The highest BCUT2D eigenvalue weighted by molar-refractivity contribution is 7.26. The monoisotopic (exact) mass is 811 g/mol. The lowest BCUT2D eigenvalue weighted by atomic mass is 9.94. The van der Waals surface area contributed by atoms with Gasteiger partial charge in [0.05, 0.1) is 5.69 Å². The molecule has 3 heteroatoms. The summed E-state index contributed by atoms with van der Waals surface area (Å²) in [6.45, 7) is 0. The first-order valence-corrected chi connectivity index (χ1v) is 22.4. The molecular formula is C58H37NS2. The summed E-state index contributed by atoms with van der Waals surface area (Å²) in [5, 5.41) is 7.79. The van der Waals surface area contributed by atoms with Crippen LogP contribution in [0.25, 0.3) is 95.6 Å². The minimum Gasteiger partial charge on any atom is -0.310 e. The van der Waals surface area contributed by atoms with Crippen LogP contribution in [0.1, 0.15) is 0 Å². The van der Waals surface area contributed by atoms with E-state index in [0.717, 1.165) is 17.1 Å². The maximum atomic E-state index is 2.42. The van der Waals surface area contributed by atoms with Crippen molar-refractivity contribution in [2.75, 3.05) is 4.90 Å². The lowest BCUT2D eigenvalue weighted by molar-refractivity contribution is 1.28. The van der Waals surface area contributed by atoms with Crippen molar-refractivity contribution in [1.29, 1.82) is 0 Å². The first-order chi connectivity index (χ1) is 30.2. The van der Waals surface area contributed by atoms with Crippen molar-refractivity contribution in [2.24, 2.45) is 0 Å². The van der Waals surface area contributed by atoms with Crippen LogP contribution in [0.4, 0.5) is 17.1 Å². The smallest absolute Gasteiger partial charge is 0.0540 e. The van der Waals surface area contributed by atoms with Crippen LogP contribution in [0, 0.1) is 0 Å². The van der Waals surface area contributed by atoms with Gasteiger partial charge < -0.3 is 4.90 Å². The third-order valence-corrected chi connectivity index (χ3v) is 14.5. The number of hydrogen-bond donors (Lipinski definition) is 0. The Labute approximate surface area is 362 Å². The van der Waals surface area contributed by atoms with E-state index in [2.05, 4.69) is 229 Å². The van der Waals surface area contributed by atoms with Gasteiger partial charge in [-0.25, -0.2) is 0 Å². The van der Waals surface area contributed by atoms with E-state index in [1.54, 1.807) is 0 Å². The molecule has 0 aliphatic heterocycles. The molecule has 0 radical (unpaired) electrons. The van der Waals surface area contributed by atoms with Gasteiger partial charge in [0.1, 0.15) is 0 Å². The minimum absolute atomic E-state index is 1.10. The second kappa shape index (κ2) is 14.8. The highest BCUT2D eigenvalue weighted by Crippen LogP contribution is 2.45. The predicted octanol–water partition coefficient (Wildman–Crippen LogP) is 17.7. The fourth-order valence-electron chi connectivity index (χ4n) is 9.14. The van der Waals surface area contributed by atoms with Crippen molar-refractivity contribution in [2.45, 2.75) is 0 Å². The molecule has 1 nitrogen and oxygen atoms in total. The van der Waals surface area contributed by atoms with Crippen molar-refractivity contribution in [3.05, 3.63) is 224 Å². The van der Waals surface area contributed by atoms with Crippen LogP contribution in [-0.2, 0) is 0 Å². The Morgan fingerprint density at radius 2 is 0.803 bits per heavy atom. The van der Waals surface area contributed by atoms with Gasteiger partial charge in [-0.3, -0.25) is 0 Å². The average molecular weight is 812 g/mol. The van der Waals surface area contributed by atoms with E-state index < -0.39 is 0 Å². The van der Waals surface area contributed by atoms with E-state index in [-0.39, 0.29) is 0 Å². The molecule has 2 aromatic heterocycles. The lowest BCUT2D eigenvalue weighted by Crippen LogP contribution is -2.11. The summed E-state index contributed by atoms with van der Waals surface area (Å²) in [5.41, 5.74) is 13.0. The minimum atomic E-state index is 1.10. The first-order valence-electron chi connectivity index (χ1n) is 20.7. The second-order valence-corrected chi connectivity index (χ2v) is 17.8. The summed E-state index contributed by atoms with van der Waals surface area (Å²) in [7, 11) is 0. The molecule has 0 N–H and O–H groups in total. The molecule has 12 rings (SSSR count). The highest BCUT2D eigenvalue weighted by Gasteiger charge is 2.19. The average Bonchev–Trinajstić information content (AvgIpc) is 3.90. The molecule has 0 bridgehead atoms. The van der Waals surface area contributed by atoms with Gasteiger partial charge in [0.25, 0.3) is 0 Å². The summed E-state index contributed by atoms with van der Waals surface area (Å²) >= 11 is 3.74. The second-order valence-electron chi connectivity index (χ2n) is 15.6. The number of nitrogens with zero attached hydrogens (tertiary/aromatic N) is 1. The fraction of sp³-hybridized carbons (Fsp3) is 0. The molecule has 0 saturated heterocycles. The van der Waals surface area contributed by atoms with Gasteiger partial charge in [0.2, 0.25) is 0 Å². The molecule has 10 aromatic carbocycles. The maximum Gasteiger partial charge on any atom is 0.0540 e. The normalized spacial score (nSPS) is 11.6. The van der Waals surface area contributed by atoms with Crippen molar-refractivity contribution >= 4 is 90.9 Å². The number of anilines is 3. The molecule has 0 spiro atoms. The SMILES string of the molecule is c1cc(-c2ccccc2N(c2ccc(-c3ccc4c(c3)sc3ccccc34)cc2)c2ccc(-c3cccc4c3sc3ccccc34)cc2)cc(-c2cccc3ccccc23)c1. The molecule has 0 fully saturated rings. The van der Waals surface area contributed by atoms with Gasteiger partial charge in [-0.05, 0) is 104 Å². The zero-order chi connectivity index (χ0) is 40.3. The summed E-state index contributed by atoms with van der Waals surface area (Å²) < 4.78 is 5.29. The van der Waals surface area contributed by atoms with Crippen molar-refractivity contribution < 1.29 is 0 Å². The quantitative estimate of drug-likeness (QED) is 0.155. The fourth-order valence-corrected chi connectivity index (χ4v) is 11.5. The van der Waals surface area contributed by atoms with Crippen LogP contribution in [0.3, 0.4) is 0 Å². The van der Waals surface area contributed by atoms with Crippen LogP contribution in [0.2, 0.25) is 0 Å². The number of rotatable bonds is 7. The summed E-state index contributed by atoms with van der Waals surface area (Å²) in [6, 6.07) is 82.4. The Morgan fingerprint density at radius 1 is 0.279 bits per heavy atom. The summed E-state index contributed by atoms with van der Waals surface area (Å²) in [6.07, 6.45) is 0. The largest absolute Gasteiger partial charge is 0.310 e. The van der Waals surface area contributed by atoms with E-state index in [1.165, 1.54) is 95.6 Å². The lowest BCUT2D eigenvalue weighted by Gasteiger charge is -2.28. The van der Waals surface area contributed by atoms with E-state index in [9.17, 15) is 0 Å². The highest BCUT2D eigenvalue weighted by atomic mass is 32.1. The third kappa shape index (κ3) is 6.21. The molecule has 0 saturated carbocycles. The Bertz CT molecular complexity index is 3590. The number of hydrogen-bond acceptors (Lipinski definition) is 3. The van der Waals surface area contributed by atoms with Gasteiger partial charge in [0.15, 0.2) is 0 Å². The summed E-state index contributed by atoms with van der Waals surface area (Å²) in [4.78, 5) is 2.42. The molecule has 0 atom stereocenters. The molecule has 0 aliphatic rings. The standard InChI is InChI=1S/C58H37NS2/c1-2-16-46-39(12-1)13-10-20-47(46)42-14-9-15-43(36-42)48-17-3-6-23-54(48)59(44-31-26-38(27-32-44)41-30-35-52-50-18-4-7-24-55(50)60-57(52)37-41)45-33-28-40(29-34-45)49-21-11-22-53-51-19-5-8-25-56(51)61-58(49)53/h1-37H. The Hall–Kier alpha value is -7.30. The number of fused-ring (bicyclic) bond motifs is 7. The van der Waals surface area contributed by atoms with Crippen LogP contribution < -0.4 is 4.90 Å². The molecule has 0 aliphatic carbocycles. The maximum absolute atomic E-state index is 2.42. The van der Waals surface area contributed by atoms with E-state index in [4.69, 9.17) is 0 Å². The Balaban J connectivity index is 0.978. The van der Waals surface area contributed by atoms with Crippen molar-refractivity contribution in [3.8, 4) is 44.5 Å². The van der Waals surface area contributed by atoms with Gasteiger partial charge in [-0.1, -0.05) is 170 Å². The third-order valence-electron chi connectivity index (χ3n) is 12.1. The van der Waals surface area contributed by atoms with Crippen LogP contribution in [-0.4, -0.2) is 0 Å². The molecule has 61 heavy (non-hydrogen) atoms. The van der Waals surface area contributed by atoms with Gasteiger partial charge >= 0.3 is 0 Å². The topological polar surface area (TPSA) is 3.24 Å². The molecule has 0 unspecified atom stereocenters. The van der Waals surface area contributed by atoms with Gasteiger partial charge in [-0.15, -0.1) is 22.7 Å². The zero-order valence-corrected chi connectivity index (χ0v) is 34.8. The van der Waals surface area contributed by atoms with Crippen LogP contribution in [0.15, 0.2) is 224 Å².